The Kier molecular flexibility index (Phi) is 5.88. The van der Waals surface area contributed by atoms with Gasteiger partial charge in [-0.1, -0.05) is 24.6 Å². The first-order valence-corrected chi connectivity index (χ1v) is 7.99. The van der Waals surface area contributed by atoms with Crippen molar-refractivity contribution < 1.29 is 4.79 Å². The van der Waals surface area contributed by atoms with Crippen molar-refractivity contribution in [2.24, 2.45) is 0 Å². The molecule has 0 bridgehead atoms. The molecule has 0 aromatic heterocycles. The Morgan fingerprint density at radius 2 is 2.00 bits per heavy atom. The van der Waals surface area contributed by atoms with Gasteiger partial charge in [0, 0.05) is 50.4 Å². The number of halogens is 1. The van der Waals surface area contributed by atoms with Crippen LogP contribution in [-0.4, -0.2) is 43.5 Å². The minimum absolute atomic E-state index is 0.158. The lowest BCUT2D eigenvalue weighted by molar-refractivity contribution is -0.129. The van der Waals surface area contributed by atoms with Crippen LogP contribution < -0.4 is 10.2 Å². The van der Waals surface area contributed by atoms with E-state index in [9.17, 15) is 4.79 Å². The SMILES string of the molecule is CCCNCc1ccc(Cl)cc1N1CCN(C(C)=O)CC1. The van der Waals surface area contributed by atoms with Crippen molar-refractivity contribution in [2.45, 2.75) is 26.8 Å². The van der Waals surface area contributed by atoms with Gasteiger partial charge in [0.2, 0.25) is 5.91 Å². The molecule has 1 amide bonds. The van der Waals surface area contributed by atoms with E-state index >= 15 is 0 Å². The Morgan fingerprint density at radius 1 is 1.29 bits per heavy atom. The normalized spacial score (nSPS) is 15.4. The summed E-state index contributed by atoms with van der Waals surface area (Å²) in [5.41, 5.74) is 2.46. The third-order valence-electron chi connectivity index (χ3n) is 3.86. The summed E-state index contributed by atoms with van der Waals surface area (Å²) in [6.07, 6.45) is 1.13. The van der Waals surface area contributed by atoms with E-state index in [1.54, 1.807) is 6.92 Å². The summed E-state index contributed by atoms with van der Waals surface area (Å²) in [6, 6.07) is 6.07. The maximum Gasteiger partial charge on any atom is 0.219 e. The second-order valence-corrected chi connectivity index (χ2v) is 5.88. The number of hydrogen-bond acceptors (Lipinski definition) is 3. The quantitative estimate of drug-likeness (QED) is 0.849. The number of nitrogens with one attached hydrogen (secondary N) is 1. The highest BCUT2D eigenvalue weighted by Crippen LogP contribution is 2.26. The number of carbonyl (C=O) groups excluding carboxylic acids is 1. The molecule has 116 valence electrons. The molecule has 1 aliphatic heterocycles. The van der Waals surface area contributed by atoms with Crippen molar-refractivity contribution in [3.05, 3.63) is 28.8 Å². The first-order valence-electron chi connectivity index (χ1n) is 7.61. The lowest BCUT2D eigenvalue weighted by Gasteiger charge is -2.36. The Balaban J connectivity index is 2.07. The van der Waals surface area contributed by atoms with Crippen molar-refractivity contribution in [2.75, 3.05) is 37.6 Å². The maximum absolute atomic E-state index is 11.4. The third kappa shape index (κ3) is 4.35. The Bertz CT molecular complexity index is 484. The highest BCUT2D eigenvalue weighted by atomic mass is 35.5. The van der Waals surface area contributed by atoms with Crippen LogP contribution in [-0.2, 0) is 11.3 Å². The largest absolute Gasteiger partial charge is 0.368 e. The molecule has 0 unspecified atom stereocenters. The molecule has 1 aliphatic rings. The molecule has 1 saturated heterocycles. The van der Waals surface area contributed by atoms with Crippen molar-refractivity contribution in [1.29, 1.82) is 0 Å². The summed E-state index contributed by atoms with van der Waals surface area (Å²) in [4.78, 5) is 15.6. The van der Waals surface area contributed by atoms with Crippen molar-refractivity contribution >= 4 is 23.2 Å². The Morgan fingerprint density at radius 3 is 2.62 bits per heavy atom. The average molecular weight is 310 g/mol. The highest BCUT2D eigenvalue weighted by Gasteiger charge is 2.20. The van der Waals surface area contributed by atoms with Gasteiger partial charge in [0.25, 0.3) is 0 Å². The monoisotopic (exact) mass is 309 g/mol. The number of amides is 1. The van der Waals surface area contributed by atoms with Gasteiger partial charge in [0.1, 0.15) is 0 Å². The van der Waals surface area contributed by atoms with Gasteiger partial charge in [-0.25, -0.2) is 0 Å². The lowest BCUT2D eigenvalue weighted by Crippen LogP contribution is -2.48. The van der Waals surface area contributed by atoms with E-state index in [4.69, 9.17) is 11.6 Å². The fraction of sp³-hybridized carbons (Fsp3) is 0.562. The molecule has 0 spiro atoms. The number of carbonyl (C=O) groups is 1. The molecule has 0 radical (unpaired) electrons. The number of rotatable bonds is 5. The van der Waals surface area contributed by atoms with Crippen LogP contribution in [0.2, 0.25) is 5.02 Å². The molecule has 1 aromatic rings. The highest BCUT2D eigenvalue weighted by molar-refractivity contribution is 6.30. The molecule has 1 N–H and O–H groups in total. The molecule has 0 aliphatic carbocycles. The van der Waals surface area contributed by atoms with E-state index in [1.165, 1.54) is 11.3 Å². The standard InChI is InChI=1S/C16H24ClN3O/c1-3-6-18-12-14-4-5-15(17)11-16(14)20-9-7-19(8-10-20)13(2)21/h4-5,11,18H,3,6-10,12H2,1-2H3. The Hall–Kier alpha value is -1.26. The van der Waals surface area contributed by atoms with Crippen molar-refractivity contribution in [3.63, 3.8) is 0 Å². The van der Waals surface area contributed by atoms with Crippen LogP contribution in [0, 0.1) is 0 Å². The van der Waals surface area contributed by atoms with Gasteiger partial charge in [-0.2, -0.15) is 0 Å². The van der Waals surface area contributed by atoms with Gasteiger partial charge < -0.3 is 15.1 Å². The summed E-state index contributed by atoms with van der Waals surface area (Å²) in [7, 11) is 0. The van der Waals surface area contributed by atoms with E-state index in [1.807, 2.05) is 17.0 Å². The molecule has 5 heteroatoms. The van der Waals surface area contributed by atoms with E-state index in [-0.39, 0.29) is 5.91 Å². The first-order chi connectivity index (χ1) is 10.1. The zero-order valence-electron chi connectivity index (χ0n) is 12.9. The van der Waals surface area contributed by atoms with Crippen LogP contribution in [0.25, 0.3) is 0 Å². The number of anilines is 1. The van der Waals surface area contributed by atoms with Gasteiger partial charge in [0.15, 0.2) is 0 Å². The predicted molar refractivity (Wildman–Crippen MR) is 87.9 cm³/mol. The zero-order valence-corrected chi connectivity index (χ0v) is 13.6. The summed E-state index contributed by atoms with van der Waals surface area (Å²) in [5, 5.41) is 4.21. The van der Waals surface area contributed by atoms with Crippen molar-refractivity contribution in [1.82, 2.24) is 10.2 Å². The van der Waals surface area contributed by atoms with Gasteiger partial charge in [-0.15, -0.1) is 0 Å². The number of hydrogen-bond donors (Lipinski definition) is 1. The predicted octanol–water partition coefficient (Wildman–Crippen LogP) is 2.51. The summed E-state index contributed by atoms with van der Waals surface area (Å²) in [6.45, 7) is 8.95. The second-order valence-electron chi connectivity index (χ2n) is 5.44. The number of piperazine rings is 1. The number of benzene rings is 1. The molecule has 0 saturated carbocycles. The van der Waals surface area contributed by atoms with E-state index in [0.29, 0.717) is 0 Å². The van der Waals surface area contributed by atoms with E-state index in [2.05, 4.69) is 23.2 Å². The molecule has 0 atom stereocenters. The average Bonchev–Trinajstić information content (AvgIpc) is 2.49. The second kappa shape index (κ2) is 7.66. The molecule has 1 aromatic carbocycles. The topological polar surface area (TPSA) is 35.6 Å². The summed E-state index contributed by atoms with van der Waals surface area (Å²) < 4.78 is 0. The van der Waals surface area contributed by atoms with Gasteiger partial charge >= 0.3 is 0 Å². The Labute approximate surface area is 132 Å². The lowest BCUT2D eigenvalue weighted by atomic mass is 10.1. The van der Waals surface area contributed by atoms with Gasteiger partial charge in [-0.05, 0) is 30.7 Å². The van der Waals surface area contributed by atoms with Crippen LogP contribution in [0.1, 0.15) is 25.8 Å². The summed E-state index contributed by atoms with van der Waals surface area (Å²) in [5.74, 6) is 0.158. The van der Waals surface area contributed by atoms with Gasteiger partial charge in [0.05, 0.1) is 0 Å². The minimum Gasteiger partial charge on any atom is -0.368 e. The minimum atomic E-state index is 0.158. The maximum atomic E-state index is 11.4. The zero-order chi connectivity index (χ0) is 15.2. The number of nitrogens with zero attached hydrogens (tertiary/aromatic N) is 2. The third-order valence-corrected chi connectivity index (χ3v) is 4.09. The van der Waals surface area contributed by atoms with Crippen molar-refractivity contribution in [3.8, 4) is 0 Å². The van der Waals surface area contributed by atoms with E-state index in [0.717, 1.165) is 50.7 Å². The van der Waals surface area contributed by atoms with Gasteiger partial charge in [-0.3, -0.25) is 4.79 Å². The first kappa shape index (κ1) is 16.1. The molecule has 4 nitrogen and oxygen atoms in total. The molecular formula is C16H24ClN3O. The molecular weight excluding hydrogens is 286 g/mol. The molecule has 1 fully saturated rings. The smallest absolute Gasteiger partial charge is 0.219 e. The van der Waals surface area contributed by atoms with Crippen LogP contribution in [0.15, 0.2) is 18.2 Å². The summed E-state index contributed by atoms with van der Waals surface area (Å²) >= 11 is 6.16. The van der Waals surface area contributed by atoms with Crippen LogP contribution in [0.5, 0.6) is 0 Å². The fourth-order valence-electron chi connectivity index (χ4n) is 2.64. The van der Waals surface area contributed by atoms with E-state index < -0.39 is 0 Å². The molecule has 2 rings (SSSR count). The van der Waals surface area contributed by atoms with Crippen LogP contribution in [0.4, 0.5) is 5.69 Å². The van der Waals surface area contributed by atoms with Crippen LogP contribution >= 0.6 is 11.6 Å². The molecule has 1 heterocycles. The molecule has 21 heavy (non-hydrogen) atoms. The fourth-order valence-corrected chi connectivity index (χ4v) is 2.81. The van der Waals surface area contributed by atoms with Crippen LogP contribution in [0.3, 0.4) is 0 Å².